The summed E-state index contributed by atoms with van der Waals surface area (Å²) in [5, 5.41) is 0.804. The van der Waals surface area contributed by atoms with Gasteiger partial charge in [-0.25, -0.2) is 4.98 Å². The lowest BCUT2D eigenvalue weighted by atomic mass is 9.95. The molecule has 214 valence electrons. The molecule has 3 heterocycles. The van der Waals surface area contributed by atoms with Crippen molar-refractivity contribution in [2.75, 3.05) is 34.0 Å². The molecule has 9 heteroatoms. The highest BCUT2D eigenvalue weighted by molar-refractivity contribution is 6.03. The molecule has 9 nitrogen and oxygen atoms in total. The lowest BCUT2D eigenvalue weighted by Crippen LogP contribution is -2.28. The lowest BCUT2D eigenvalue weighted by Gasteiger charge is -2.25. The normalized spacial score (nSPS) is 15.1. The maximum Gasteiger partial charge on any atom is 0.315 e. The minimum atomic E-state index is -0.632. The van der Waals surface area contributed by atoms with Crippen LogP contribution >= 0.6 is 0 Å². The van der Waals surface area contributed by atoms with Crippen molar-refractivity contribution in [1.82, 2.24) is 9.97 Å². The number of carbonyl (C=O) groups is 2. The molecule has 1 aliphatic rings. The molecule has 1 unspecified atom stereocenters. The Labute approximate surface area is 235 Å². The Hall–Kier alpha value is -3.56. The van der Waals surface area contributed by atoms with Gasteiger partial charge < -0.3 is 23.7 Å². The summed E-state index contributed by atoms with van der Waals surface area (Å²) < 4.78 is 27.9. The molecule has 1 aromatic carbocycles. The second kappa shape index (κ2) is 13.7. The number of aromatic nitrogens is 2. The summed E-state index contributed by atoms with van der Waals surface area (Å²) in [7, 11) is 3.03. The number of Topliss-reactive ketones (excluding diaryl/α,β-unsaturated/α-hetero) is 1. The molecule has 40 heavy (non-hydrogen) atoms. The van der Waals surface area contributed by atoms with Crippen LogP contribution in [0.1, 0.15) is 73.1 Å². The van der Waals surface area contributed by atoms with Gasteiger partial charge in [0.05, 0.1) is 50.1 Å². The van der Waals surface area contributed by atoms with E-state index in [-0.39, 0.29) is 5.78 Å². The van der Waals surface area contributed by atoms with Gasteiger partial charge in [-0.1, -0.05) is 31.9 Å². The molecule has 0 saturated carbocycles. The molecule has 0 radical (unpaired) electrons. The second-order valence-corrected chi connectivity index (χ2v) is 9.95. The van der Waals surface area contributed by atoms with Gasteiger partial charge in [-0.15, -0.1) is 0 Å². The SMILES string of the molecule is CCC1(CCCCCC(C(=O)OCC(=O)c2cc3ccc(C)nc3cc2OC)c2cccc(OC)n2)OCCO1. The first-order valence-electron chi connectivity index (χ1n) is 13.8. The summed E-state index contributed by atoms with van der Waals surface area (Å²) in [5.74, 6) is -1.17. The van der Waals surface area contributed by atoms with E-state index in [0.29, 0.717) is 42.5 Å². The number of benzene rings is 1. The van der Waals surface area contributed by atoms with Crippen LogP contribution in [0.5, 0.6) is 11.6 Å². The zero-order valence-electron chi connectivity index (χ0n) is 23.7. The van der Waals surface area contributed by atoms with Gasteiger partial charge in [0.1, 0.15) is 5.75 Å². The van der Waals surface area contributed by atoms with Crippen LogP contribution in [0, 0.1) is 6.92 Å². The lowest BCUT2D eigenvalue weighted by molar-refractivity contribution is -0.164. The molecular weight excluding hydrogens is 512 g/mol. The van der Waals surface area contributed by atoms with Crippen LogP contribution in [0.25, 0.3) is 10.9 Å². The van der Waals surface area contributed by atoms with Crippen LogP contribution in [-0.4, -0.2) is 61.5 Å². The minimum absolute atomic E-state index is 0.339. The summed E-state index contributed by atoms with van der Waals surface area (Å²) >= 11 is 0. The molecular formula is C31H38N2O7. The number of aryl methyl sites for hydroxylation is 1. The first kappa shape index (κ1) is 29.4. The minimum Gasteiger partial charge on any atom is -0.496 e. The van der Waals surface area contributed by atoms with Crippen molar-refractivity contribution in [2.45, 2.75) is 64.1 Å². The Morgan fingerprint density at radius 3 is 2.52 bits per heavy atom. The van der Waals surface area contributed by atoms with Gasteiger partial charge >= 0.3 is 5.97 Å². The number of pyridine rings is 2. The molecule has 1 fully saturated rings. The summed E-state index contributed by atoms with van der Waals surface area (Å²) in [6.45, 7) is 4.82. The average Bonchev–Trinajstić information content (AvgIpc) is 3.46. The van der Waals surface area contributed by atoms with Gasteiger partial charge in [-0.3, -0.25) is 14.6 Å². The van der Waals surface area contributed by atoms with E-state index < -0.39 is 24.3 Å². The van der Waals surface area contributed by atoms with Crippen LogP contribution in [0.2, 0.25) is 0 Å². The first-order valence-corrected chi connectivity index (χ1v) is 13.8. The number of rotatable bonds is 14. The van der Waals surface area contributed by atoms with Crippen molar-refractivity contribution in [3.05, 3.63) is 59.4 Å². The highest BCUT2D eigenvalue weighted by Gasteiger charge is 2.34. The van der Waals surface area contributed by atoms with E-state index in [1.807, 2.05) is 19.1 Å². The molecule has 0 N–H and O–H groups in total. The standard InChI is InChI=1S/C31H38N2O7/c1-5-31(39-16-17-40-31)15-8-6-7-10-23(25-11-9-12-29(33-25)37-4)30(35)38-20-27(34)24-18-22-14-13-21(2)32-26(22)19-28(24)36-3/h9,11-14,18-19,23H,5-8,10,15-17,20H2,1-4H3. The van der Waals surface area contributed by atoms with Crippen molar-refractivity contribution in [3.63, 3.8) is 0 Å². The van der Waals surface area contributed by atoms with Gasteiger partial charge in [0, 0.05) is 29.6 Å². The number of ketones is 1. The molecule has 0 bridgehead atoms. The fourth-order valence-corrected chi connectivity index (χ4v) is 5.02. The number of esters is 1. The molecule has 3 aromatic rings. The van der Waals surface area contributed by atoms with Gasteiger partial charge in [0.2, 0.25) is 11.7 Å². The van der Waals surface area contributed by atoms with Crippen molar-refractivity contribution in [1.29, 1.82) is 0 Å². The number of hydrogen-bond acceptors (Lipinski definition) is 9. The number of fused-ring (bicyclic) bond motifs is 1. The predicted octanol–water partition coefficient (Wildman–Crippen LogP) is 5.57. The Bertz CT molecular complexity index is 1320. The van der Waals surface area contributed by atoms with E-state index in [0.717, 1.165) is 48.7 Å². The van der Waals surface area contributed by atoms with Crippen LogP contribution < -0.4 is 9.47 Å². The van der Waals surface area contributed by atoms with Crippen LogP contribution in [0.3, 0.4) is 0 Å². The summed E-state index contributed by atoms with van der Waals surface area (Å²) in [6.07, 6.45) is 4.73. The Kier molecular flexibility index (Phi) is 10.1. The zero-order chi connectivity index (χ0) is 28.5. The zero-order valence-corrected chi connectivity index (χ0v) is 23.7. The highest BCUT2D eigenvalue weighted by Crippen LogP contribution is 2.31. The Morgan fingerprint density at radius 1 is 1.00 bits per heavy atom. The number of carbonyl (C=O) groups excluding carboxylic acids is 2. The first-order chi connectivity index (χ1) is 19.4. The van der Waals surface area contributed by atoms with E-state index >= 15 is 0 Å². The molecule has 1 atom stereocenters. The topological polar surface area (TPSA) is 106 Å². The Balaban J connectivity index is 1.41. The van der Waals surface area contributed by atoms with Gasteiger partial charge in [-0.2, -0.15) is 0 Å². The van der Waals surface area contributed by atoms with Crippen molar-refractivity contribution >= 4 is 22.7 Å². The number of methoxy groups -OCH3 is 2. The molecule has 1 saturated heterocycles. The van der Waals surface area contributed by atoms with E-state index in [4.69, 9.17) is 23.7 Å². The highest BCUT2D eigenvalue weighted by atomic mass is 16.7. The third-order valence-electron chi connectivity index (χ3n) is 7.29. The molecule has 2 aromatic heterocycles. The summed E-state index contributed by atoms with van der Waals surface area (Å²) in [5.41, 5.74) is 2.48. The van der Waals surface area contributed by atoms with Crippen LogP contribution in [-0.2, 0) is 19.0 Å². The fraction of sp³-hybridized carbons (Fsp3) is 0.484. The number of nitrogens with zero attached hydrogens (tertiary/aromatic N) is 2. The monoisotopic (exact) mass is 550 g/mol. The largest absolute Gasteiger partial charge is 0.496 e. The van der Waals surface area contributed by atoms with Crippen molar-refractivity contribution in [2.24, 2.45) is 0 Å². The maximum atomic E-state index is 13.3. The number of unbranched alkanes of at least 4 members (excludes halogenated alkanes) is 2. The third kappa shape index (κ3) is 7.14. The van der Waals surface area contributed by atoms with Crippen LogP contribution in [0.15, 0.2) is 42.5 Å². The predicted molar refractivity (Wildman–Crippen MR) is 150 cm³/mol. The number of ether oxygens (including phenoxy) is 5. The quantitative estimate of drug-likeness (QED) is 0.145. The van der Waals surface area contributed by atoms with E-state index in [9.17, 15) is 9.59 Å². The smallest absolute Gasteiger partial charge is 0.315 e. The van der Waals surface area contributed by atoms with E-state index in [1.54, 1.807) is 30.3 Å². The molecule has 0 amide bonds. The third-order valence-corrected chi connectivity index (χ3v) is 7.29. The average molecular weight is 551 g/mol. The maximum absolute atomic E-state index is 13.3. The molecule has 0 spiro atoms. The van der Waals surface area contributed by atoms with Crippen LogP contribution in [0.4, 0.5) is 0 Å². The fourth-order valence-electron chi connectivity index (χ4n) is 5.02. The van der Waals surface area contributed by atoms with Gasteiger partial charge in [0.25, 0.3) is 0 Å². The number of hydrogen-bond donors (Lipinski definition) is 0. The molecule has 1 aliphatic heterocycles. The van der Waals surface area contributed by atoms with Crippen molar-refractivity contribution < 1.29 is 33.3 Å². The Morgan fingerprint density at radius 2 is 1.80 bits per heavy atom. The van der Waals surface area contributed by atoms with Gasteiger partial charge in [-0.05, 0) is 44.4 Å². The molecule has 0 aliphatic carbocycles. The van der Waals surface area contributed by atoms with E-state index in [2.05, 4.69) is 16.9 Å². The summed E-state index contributed by atoms with van der Waals surface area (Å²) in [4.78, 5) is 35.4. The summed E-state index contributed by atoms with van der Waals surface area (Å²) in [6, 6.07) is 12.5. The van der Waals surface area contributed by atoms with E-state index in [1.165, 1.54) is 14.2 Å². The second-order valence-electron chi connectivity index (χ2n) is 9.95. The molecule has 4 rings (SSSR count). The van der Waals surface area contributed by atoms with Gasteiger partial charge in [0.15, 0.2) is 12.4 Å². The van der Waals surface area contributed by atoms with Crippen molar-refractivity contribution in [3.8, 4) is 11.6 Å².